The molecule has 3 heteroatoms. The Labute approximate surface area is 89.7 Å². The van der Waals surface area contributed by atoms with Crippen molar-refractivity contribution in [2.24, 2.45) is 5.92 Å². The molecule has 0 fully saturated rings. The third kappa shape index (κ3) is 2.49. The Kier molecular flexibility index (Phi) is 3.72. The maximum absolute atomic E-state index is 11.2. The topological polar surface area (TPSA) is 46.5 Å². The number of rotatable bonds is 4. The summed E-state index contributed by atoms with van der Waals surface area (Å²) in [4.78, 5) is 11.2. The molecule has 0 aliphatic rings. The van der Waals surface area contributed by atoms with Crippen molar-refractivity contribution < 1.29 is 14.6 Å². The molecule has 1 unspecified atom stereocenters. The van der Waals surface area contributed by atoms with Crippen molar-refractivity contribution in [1.29, 1.82) is 0 Å². The van der Waals surface area contributed by atoms with Crippen LogP contribution in [0.5, 0.6) is 5.75 Å². The monoisotopic (exact) mass is 208 g/mol. The zero-order chi connectivity index (χ0) is 11.4. The molecule has 0 heterocycles. The second-order valence-electron chi connectivity index (χ2n) is 3.80. The van der Waals surface area contributed by atoms with Crippen molar-refractivity contribution in [2.75, 3.05) is 7.11 Å². The van der Waals surface area contributed by atoms with Gasteiger partial charge in [-0.1, -0.05) is 32.0 Å². The van der Waals surface area contributed by atoms with E-state index in [9.17, 15) is 4.79 Å². The Hall–Kier alpha value is -1.51. The fraction of sp³-hybridized carbons (Fsp3) is 0.417. The molecular formula is C12H16O3. The molecule has 1 N–H and O–H groups in total. The van der Waals surface area contributed by atoms with Gasteiger partial charge in [-0.05, 0) is 12.0 Å². The zero-order valence-electron chi connectivity index (χ0n) is 9.23. The first kappa shape index (κ1) is 11.6. The van der Waals surface area contributed by atoms with Crippen LogP contribution in [0.25, 0.3) is 0 Å². The van der Waals surface area contributed by atoms with E-state index >= 15 is 0 Å². The van der Waals surface area contributed by atoms with Gasteiger partial charge in [-0.3, -0.25) is 4.79 Å². The highest BCUT2D eigenvalue weighted by atomic mass is 16.5. The number of hydrogen-bond acceptors (Lipinski definition) is 2. The Morgan fingerprint density at radius 1 is 1.33 bits per heavy atom. The van der Waals surface area contributed by atoms with E-state index in [-0.39, 0.29) is 5.92 Å². The number of para-hydroxylation sites is 1. The summed E-state index contributed by atoms with van der Waals surface area (Å²) in [6, 6.07) is 7.25. The second-order valence-corrected chi connectivity index (χ2v) is 3.80. The van der Waals surface area contributed by atoms with Crippen LogP contribution in [0.2, 0.25) is 0 Å². The number of benzene rings is 1. The summed E-state index contributed by atoms with van der Waals surface area (Å²) in [6.45, 7) is 3.79. The maximum Gasteiger partial charge on any atom is 0.311 e. The number of aliphatic carboxylic acids is 1. The molecule has 1 aromatic rings. The van der Waals surface area contributed by atoms with E-state index in [2.05, 4.69) is 0 Å². The molecule has 82 valence electrons. The molecule has 0 spiro atoms. The highest BCUT2D eigenvalue weighted by Crippen LogP contribution is 2.31. The maximum atomic E-state index is 11.2. The van der Waals surface area contributed by atoms with Crippen molar-refractivity contribution in [1.82, 2.24) is 0 Å². The summed E-state index contributed by atoms with van der Waals surface area (Å²) < 4.78 is 5.16. The average Bonchev–Trinajstić information content (AvgIpc) is 2.17. The van der Waals surface area contributed by atoms with Gasteiger partial charge in [-0.15, -0.1) is 0 Å². The van der Waals surface area contributed by atoms with Gasteiger partial charge in [0.1, 0.15) is 5.75 Å². The lowest BCUT2D eigenvalue weighted by Gasteiger charge is -2.18. The van der Waals surface area contributed by atoms with Crippen LogP contribution in [0.1, 0.15) is 25.3 Å². The number of hydrogen-bond donors (Lipinski definition) is 1. The molecular weight excluding hydrogens is 192 g/mol. The highest BCUT2D eigenvalue weighted by Gasteiger charge is 2.26. The summed E-state index contributed by atoms with van der Waals surface area (Å²) in [5.74, 6) is -0.645. The van der Waals surface area contributed by atoms with Crippen LogP contribution >= 0.6 is 0 Å². The zero-order valence-corrected chi connectivity index (χ0v) is 9.23. The Bertz CT molecular complexity index is 344. The third-order valence-corrected chi connectivity index (χ3v) is 2.41. The molecule has 0 aliphatic carbocycles. The quantitative estimate of drug-likeness (QED) is 0.827. The molecule has 15 heavy (non-hydrogen) atoms. The van der Waals surface area contributed by atoms with Gasteiger partial charge in [-0.2, -0.15) is 0 Å². The molecule has 0 aromatic heterocycles. The van der Waals surface area contributed by atoms with Gasteiger partial charge < -0.3 is 9.84 Å². The van der Waals surface area contributed by atoms with Crippen molar-refractivity contribution >= 4 is 5.97 Å². The smallest absolute Gasteiger partial charge is 0.311 e. The molecule has 3 nitrogen and oxygen atoms in total. The van der Waals surface area contributed by atoms with Crippen LogP contribution in [-0.2, 0) is 4.79 Å². The first-order chi connectivity index (χ1) is 7.07. The van der Waals surface area contributed by atoms with Gasteiger partial charge in [0.05, 0.1) is 13.0 Å². The summed E-state index contributed by atoms with van der Waals surface area (Å²) in [5.41, 5.74) is 0.738. The number of ether oxygens (including phenoxy) is 1. The van der Waals surface area contributed by atoms with Crippen LogP contribution in [0.15, 0.2) is 24.3 Å². The van der Waals surface area contributed by atoms with Crippen molar-refractivity contribution in [3.05, 3.63) is 29.8 Å². The summed E-state index contributed by atoms with van der Waals surface area (Å²) in [5, 5.41) is 9.16. The van der Waals surface area contributed by atoms with Crippen molar-refractivity contribution in [3.8, 4) is 5.75 Å². The van der Waals surface area contributed by atoms with Crippen molar-refractivity contribution in [3.63, 3.8) is 0 Å². The Morgan fingerprint density at radius 3 is 2.40 bits per heavy atom. The molecule has 0 saturated heterocycles. The fourth-order valence-corrected chi connectivity index (χ4v) is 1.70. The number of carboxylic acids is 1. The van der Waals surface area contributed by atoms with Crippen LogP contribution in [-0.4, -0.2) is 18.2 Å². The molecule has 0 radical (unpaired) electrons. The molecule has 1 atom stereocenters. The van der Waals surface area contributed by atoms with Gasteiger partial charge in [0, 0.05) is 5.56 Å². The van der Waals surface area contributed by atoms with E-state index < -0.39 is 11.9 Å². The van der Waals surface area contributed by atoms with E-state index in [1.807, 2.05) is 26.0 Å². The van der Waals surface area contributed by atoms with E-state index in [0.29, 0.717) is 5.75 Å². The molecule has 1 aromatic carbocycles. The molecule has 0 aliphatic heterocycles. The first-order valence-electron chi connectivity index (χ1n) is 4.93. The Morgan fingerprint density at radius 2 is 1.93 bits per heavy atom. The third-order valence-electron chi connectivity index (χ3n) is 2.41. The summed E-state index contributed by atoms with van der Waals surface area (Å²) >= 11 is 0. The van der Waals surface area contributed by atoms with Gasteiger partial charge >= 0.3 is 5.97 Å². The lowest BCUT2D eigenvalue weighted by atomic mass is 9.88. The minimum atomic E-state index is -0.811. The minimum absolute atomic E-state index is 0.0406. The molecule has 0 bridgehead atoms. The lowest BCUT2D eigenvalue weighted by molar-refractivity contribution is -0.139. The highest BCUT2D eigenvalue weighted by molar-refractivity contribution is 5.77. The van der Waals surface area contributed by atoms with Gasteiger partial charge in [-0.25, -0.2) is 0 Å². The SMILES string of the molecule is COc1ccccc1C(C(=O)O)C(C)C. The van der Waals surface area contributed by atoms with Crippen LogP contribution in [0.3, 0.4) is 0 Å². The van der Waals surface area contributed by atoms with Crippen LogP contribution < -0.4 is 4.74 Å². The summed E-state index contributed by atoms with van der Waals surface area (Å²) in [6.07, 6.45) is 0. The minimum Gasteiger partial charge on any atom is -0.496 e. The standard InChI is InChI=1S/C12H16O3/c1-8(2)11(12(13)14)9-6-4-5-7-10(9)15-3/h4-8,11H,1-3H3,(H,13,14). The lowest BCUT2D eigenvalue weighted by Crippen LogP contribution is -2.18. The van der Waals surface area contributed by atoms with Gasteiger partial charge in [0.2, 0.25) is 0 Å². The number of methoxy groups -OCH3 is 1. The average molecular weight is 208 g/mol. The normalized spacial score (nSPS) is 12.5. The number of carbonyl (C=O) groups is 1. The predicted molar refractivity (Wildman–Crippen MR) is 58.2 cm³/mol. The molecule has 1 rings (SSSR count). The van der Waals surface area contributed by atoms with E-state index in [0.717, 1.165) is 5.56 Å². The first-order valence-corrected chi connectivity index (χ1v) is 4.93. The number of carboxylic acid groups (broad SMARTS) is 1. The largest absolute Gasteiger partial charge is 0.496 e. The Balaban J connectivity index is 3.16. The second kappa shape index (κ2) is 4.82. The predicted octanol–water partition coefficient (Wildman–Crippen LogP) is 2.52. The fourth-order valence-electron chi connectivity index (χ4n) is 1.70. The van der Waals surface area contributed by atoms with Crippen molar-refractivity contribution in [2.45, 2.75) is 19.8 Å². The van der Waals surface area contributed by atoms with E-state index in [1.54, 1.807) is 19.2 Å². The molecule has 0 amide bonds. The van der Waals surface area contributed by atoms with Crippen LogP contribution in [0.4, 0.5) is 0 Å². The van der Waals surface area contributed by atoms with E-state index in [4.69, 9.17) is 9.84 Å². The van der Waals surface area contributed by atoms with Gasteiger partial charge in [0.25, 0.3) is 0 Å². The van der Waals surface area contributed by atoms with Gasteiger partial charge in [0.15, 0.2) is 0 Å². The van der Waals surface area contributed by atoms with Crippen LogP contribution in [0, 0.1) is 5.92 Å². The van der Waals surface area contributed by atoms with E-state index in [1.165, 1.54) is 0 Å². The summed E-state index contributed by atoms with van der Waals surface area (Å²) in [7, 11) is 1.55. The molecule has 0 saturated carbocycles.